The molecule has 0 bridgehead atoms. The Hall–Kier alpha value is -2.54. The highest BCUT2D eigenvalue weighted by molar-refractivity contribution is 7.92. The minimum Gasteiger partial charge on any atom is -0.492 e. The minimum absolute atomic E-state index is 0.0740. The number of benzene rings is 2. The number of nitrogens with one attached hydrogen (secondary N) is 1. The van der Waals surface area contributed by atoms with Gasteiger partial charge >= 0.3 is 0 Å². The van der Waals surface area contributed by atoms with Crippen LogP contribution in [0.15, 0.2) is 48.5 Å². The first-order chi connectivity index (χ1) is 14.4. The van der Waals surface area contributed by atoms with Gasteiger partial charge in [-0.05, 0) is 48.6 Å². The molecule has 1 atom stereocenters. The summed E-state index contributed by atoms with van der Waals surface area (Å²) in [5.41, 5.74) is 2.79. The van der Waals surface area contributed by atoms with Crippen LogP contribution >= 0.6 is 0 Å². The third-order valence-electron chi connectivity index (χ3n) is 5.01. The van der Waals surface area contributed by atoms with Gasteiger partial charge in [-0.3, -0.25) is 9.10 Å². The van der Waals surface area contributed by atoms with Gasteiger partial charge in [-0.25, -0.2) is 8.42 Å². The molecule has 0 aromatic heterocycles. The predicted octanol–water partition coefficient (Wildman–Crippen LogP) is 4.03. The molecule has 0 aliphatic rings. The zero-order valence-electron chi connectivity index (χ0n) is 19.3. The molecular weight excluding hydrogens is 412 g/mol. The summed E-state index contributed by atoms with van der Waals surface area (Å²) in [4.78, 5) is 12.8. The normalized spacial score (nSPS) is 12.8. The van der Waals surface area contributed by atoms with Crippen LogP contribution in [-0.2, 0) is 20.2 Å². The van der Waals surface area contributed by atoms with Gasteiger partial charge < -0.3 is 10.1 Å². The summed E-state index contributed by atoms with van der Waals surface area (Å²) in [5, 5.41) is 2.80. The number of hydrogen-bond donors (Lipinski definition) is 1. The molecule has 1 N–H and O–H groups in total. The summed E-state index contributed by atoms with van der Waals surface area (Å²) >= 11 is 0. The molecule has 2 rings (SSSR count). The lowest BCUT2D eigenvalue weighted by molar-refractivity contribution is -0.122. The van der Waals surface area contributed by atoms with Gasteiger partial charge in [0.15, 0.2) is 0 Å². The SMILES string of the molecule is CC[C@H](C(=O)NCCOc1ccc(C(C)(C)C)cc1)N(c1ccc(C)cc1)S(C)(=O)=O. The van der Waals surface area contributed by atoms with Gasteiger partial charge in [0.1, 0.15) is 18.4 Å². The lowest BCUT2D eigenvalue weighted by Gasteiger charge is -2.30. The largest absolute Gasteiger partial charge is 0.492 e. The lowest BCUT2D eigenvalue weighted by atomic mass is 9.87. The van der Waals surface area contributed by atoms with Crippen LogP contribution in [0.4, 0.5) is 5.69 Å². The van der Waals surface area contributed by atoms with Crippen molar-refractivity contribution in [2.45, 2.75) is 52.5 Å². The Labute approximate surface area is 186 Å². The van der Waals surface area contributed by atoms with Gasteiger partial charge in [-0.1, -0.05) is 57.5 Å². The highest BCUT2D eigenvalue weighted by Crippen LogP contribution is 2.24. The number of rotatable bonds is 9. The number of hydrogen-bond acceptors (Lipinski definition) is 4. The van der Waals surface area contributed by atoms with Crippen molar-refractivity contribution in [3.8, 4) is 5.75 Å². The van der Waals surface area contributed by atoms with Crippen LogP contribution in [0.5, 0.6) is 5.75 Å². The van der Waals surface area contributed by atoms with Gasteiger partial charge in [0.25, 0.3) is 0 Å². The first kappa shape index (κ1) is 24.7. The molecule has 6 nitrogen and oxygen atoms in total. The zero-order chi connectivity index (χ0) is 23.2. The summed E-state index contributed by atoms with van der Waals surface area (Å²) in [6, 6.07) is 14.2. The van der Waals surface area contributed by atoms with E-state index in [4.69, 9.17) is 4.74 Å². The van der Waals surface area contributed by atoms with Crippen molar-refractivity contribution in [1.29, 1.82) is 0 Å². The fourth-order valence-corrected chi connectivity index (χ4v) is 4.48. The van der Waals surface area contributed by atoms with E-state index in [1.165, 1.54) is 9.87 Å². The number of amides is 1. The number of nitrogens with zero attached hydrogens (tertiary/aromatic N) is 1. The molecular formula is C24H34N2O4S. The van der Waals surface area contributed by atoms with Crippen molar-refractivity contribution < 1.29 is 17.9 Å². The van der Waals surface area contributed by atoms with Crippen molar-refractivity contribution in [1.82, 2.24) is 5.32 Å². The van der Waals surface area contributed by atoms with E-state index in [9.17, 15) is 13.2 Å². The number of sulfonamides is 1. The molecule has 0 aliphatic heterocycles. The fourth-order valence-electron chi connectivity index (χ4n) is 3.26. The maximum atomic E-state index is 12.8. The molecule has 1 amide bonds. The molecule has 170 valence electrons. The summed E-state index contributed by atoms with van der Waals surface area (Å²) in [6.07, 6.45) is 1.47. The summed E-state index contributed by atoms with van der Waals surface area (Å²) in [7, 11) is -3.64. The van der Waals surface area contributed by atoms with Crippen molar-refractivity contribution in [3.63, 3.8) is 0 Å². The molecule has 0 spiro atoms. The molecule has 0 heterocycles. The minimum atomic E-state index is -3.64. The number of carbonyl (C=O) groups is 1. The van der Waals surface area contributed by atoms with Gasteiger partial charge in [0.05, 0.1) is 18.5 Å². The zero-order valence-corrected chi connectivity index (χ0v) is 20.1. The van der Waals surface area contributed by atoms with Gasteiger partial charge in [0.2, 0.25) is 15.9 Å². The average Bonchev–Trinajstić information content (AvgIpc) is 2.69. The second-order valence-corrected chi connectivity index (χ2v) is 10.6. The number of ether oxygens (including phenoxy) is 1. The molecule has 0 radical (unpaired) electrons. The molecule has 0 aliphatic carbocycles. The molecule has 0 fully saturated rings. The maximum Gasteiger partial charge on any atom is 0.244 e. The Morgan fingerprint density at radius 1 is 1.06 bits per heavy atom. The molecule has 7 heteroatoms. The Bertz CT molecular complexity index is 962. The van der Waals surface area contributed by atoms with E-state index in [2.05, 4.69) is 26.1 Å². The van der Waals surface area contributed by atoms with Crippen LogP contribution in [0.2, 0.25) is 0 Å². The van der Waals surface area contributed by atoms with E-state index in [-0.39, 0.29) is 17.9 Å². The van der Waals surface area contributed by atoms with Crippen LogP contribution in [0, 0.1) is 6.92 Å². The predicted molar refractivity (Wildman–Crippen MR) is 126 cm³/mol. The summed E-state index contributed by atoms with van der Waals surface area (Å²) in [6.45, 7) is 10.7. The first-order valence-electron chi connectivity index (χ1n) is 10.5. The number of aryl methyl sites for hydroxylation is 1. The maximum absolute atomic E-state index is 12.8. The lowest BCUT2D eigenvalue weighted by Crippen LogP contribution is -2.50. The Balaban J connectivity index is 1.99. The fraction of sp³-hybridized carbons (Fsp3) is 0.458. The van der Waals surface area contributed by atoms with Gasteiger partial charge in [0, 0.05) is 0 Å². The Morgan fingerprint density at radius 2 is 1.65 bits per heavy atom. The van der Waals surface area contributed by atoms with Crippen molar-refractivity contribution in [2.75, 3.05) is 23.7 Å². The molecule has 0 unspecified atom stereocenters. The topological polar surface area (TPSA) is 75.7 Å². The van der Waals surface area contributed by atoms with E-state index in [0.29, 0.717) is 18.7 Å². The van der Waals surface area contributed by atoms with E-state index >= 15 is 0 Å². The quantitative estimate of drug-likeness (QED) is 0.590. The monoisotopic (exact) mass is 446 g/mol. The number of carbonyl (C=O) groups excluding carboxylic acids is 1. The standard InChI is InChI=1S/C24H34N2O4S/c1-7-22(26(31(6,28)29)20-12-8-18(2)9-13-20)23(27)25-16-17-30-21-14-10-19(11-15-21)24(3,4)5/h8-15,22H,7,16-17H2,1-6H3,(H,25,27)/t22-/m1/s1. The second kappa shape index (κ2) is 10.2. The molecule has 31 heavy (non-hydrogen) atoms. The van der Waals surface area contributed by atoms with E-state index < -0.39 is 16.1 Å². The highest BCUT2D eigenvalue weighted by atomic mass is 32.2. The smallest absolute Gasteiger partial charge is 0.244 e. The first-order valence-corrected chi connectivity index (χ1v) is 12.4. The van der Waals surface area contributed by atoms with Crippen LogP contribution < -0.4 is 14.4 Å². The average molecular weight is 447 g/mol. The molecule has 0 saturated heterocycles. The van der Waals surface area contributed by atoms with Crippen molar-refractivity contribution in [2.24, 2.45) is 0 Å². The number of anilines is 1. The second-order valence-electron chi connectivity index (χ2n) is 8.73. The van der Waals surface area contributed by atoms with E-state index in [1.54, 1.807) is 19.1 Å². The van der Waals surface area contributed by atoms with Crippen LogP contribution in [0.25, 0.3) is 0 Å². The third-order valence-corrected chi connectivity index (χ3v) is 6.19. The van der Waals surface area contributed by atoms with Crippen LogP contribution in [0.1, 0.15) is 45.2 Å². The molecule has 2 aromatic rings. The van der Waals surface area contributed by atoms with Crippen LogP contribution in [0.3, 0.4) is 0 Å². The molecule has 2 aromatic carbocycles. The van der Waals surface area contributed by atoms with E-state index in [1.807, 2.05) is 43.3 Å². The summed E-state index contributed by atoms with van der Waals surface area (Å²) in [5.74, 6) is 0.381. The summed E-state index contributed by atoms with van der Waals surface area (Å²) < 4.78 is 31.8. The molecule has 0 saturated carbocycles. The highest BCUT2D eigenvalue weighted by Gasteiger charge is 2.31. The Morgan fingerprint density at radius 3 is 2.13 bits per heavy atom. The van der Waals surface area contributed by atoms with Gasteiger partial charge in [-0.2, -0.15) is 0 Å². The van der Waals surface area contributed by atoms with E-state index in [0.717, 1.165) is 17.6 Å². The van der Waals surface area contributed by atoms with Crippen molar-refractivity contribution in [3.05, 3.63) is 59.7 Å². The van der Waals surface area contributed by atoms with Crippen LogP contribution in [-0.4, -0.2) is 39.8 Å². The third kappa shape index (κ3) is 6.99. The Kier molecular flexibility index (Phi) is 8.12. The van der Waals surface area contributed by atoms with Gasteiger partial charge in [-0.15, -0.1) is 0 Å². The van der Waals surface area contributed by atoms with Crippen molar-refractivity contribution >= 4 is 21.6 Å².